The minimum Gasteiger partial charge on any atom is -0.468 e. The van der Waals surface area contributed by atoms with Crippen LogP contribution in [0.1, 0.15) is 30.4 Å². The molecule has 0 amide bonds. The molecule has 0 bridgehead atoms. The Balaban J connectivity index is 1.81. The molecule has 3 aliphatic carbocycles. The van der Waals surface area contributed by atoms with E-state index in [4.69, 9.17) is 9.47 Å². The van der Waals surface area contributed by atoms with Crippen molar-refractivity contribution in [3.8, 4) is 0 Å². The Bertz CT molecular complexity index is 1140. The highest BCUT2D eigenvalue weighted by Gasteiger charge is 2.57. The Hall–Kier alpha value is -3.40. The predicted molar refractivity (Wildman–Crippen MR) is 123 cm³/mol. The molecular weight excluding hydrogens is 400 g/mol. The second kappa shape index (κ2) is 7.94. The molecule has 1 fully saturated rings. The highest BCUT2D eigenvalue weighted by molar-refractivity contribution is 6.04. The van der Waals surface area contributed by atoms with Gasteiger partial charge >= 0.3 is 11.9 Å². The lowest BCUT2D eigenvalue weighted by atomic mass is 9.70. The van der Waals surface area contributed by atoms with Crippen LogP contribution in [0, 0.1) is 17.3 Å². The second-order valence-corrected chi connectivity index (χ2v) is 8.73. The summed E-state index contributed by atoms with van der Waals surface area (Å²) in [7, 11) is 2.68. The number of fused-ring (bicyclic) bond motifs is 2. The van der Waals surface area contributed by atoms with Crippen LogP contribution in [0.2, 0.25) is 0 Å². The molecule has 0 radical (unpaired) electrons. The number of carbonyl (C=O) groups is 2. The Morgan fingerprint density at radius 3 is 1.81 bits per heavy atom. The summed E-state index contributed by atoms with van der Waals surface area (Å²) in [5.74, 6) is -0.576. The van der Waals surface area contributed by atoms with Crippen molar-refractivity contribution >= 4 is 23.1 Å². The molecule has 0 spiro atoms. The molecule has 0 N–H and O–H groups in total. The third-order valence-corrected chi connectivity index (χ3v) is 7.16. The molecule has 0 saturated heterocycles. The lowest BCUT2D eigenvalue weighted by Gasteiger charge is -2.34. The molecule has 2 aromatic carbocycles. The van der Waals surface area contributed by atoms with Crippen molar-refractivity contribution in [1.29, 1.82) is 0 Å². The molecule has 32 heavy (non-hydrogen) atoms. The standard InChI is InChI=1S/C28H26O4/c1-31-26(29)28(27(30)32-2)16-22-23(17-28)25(19-12-7-4-8-13-19)21-15-9-14-20(21)24(22)18-10-5-3-6-11-18/h3-14,20-21H,15-17H2,1-2H3. The largest absolute Gasteiger partial charge is 0.468 e. The van der Waals surface area contributed by atoms with Gasteiger partial charge in [0.2, 0.25) is 0 Å². The smallest absolute Gasteiger partial charge is 0.323 e. The third kappa shape index (κ3) is 2.97. The van der Waals surface area contributed by atoms with Gasteiger partial charge in [-0.25, -0.2) is 0 Å². The monoisotopic (exact) mass is 426 g/mol. The molecule has 162 valence electrons. The van der Waals surface area contributed by atoms with Gasteiger partial charge in [0.25, 0.3) is 0 Å². The van der Waals surface area contributed by atoms with Crippen LogP contribution in [0.15, 0.2) is 84.0 Å². The number of esters is 2. The van der Waals surface area contributed by atoms with Gasteiger partial charge in [-0.2, -0.15) is 0 Å². The summed E-state index contributed by atoms with van der Waals surface area (Å²) in [5.41, 5.74) is 5.57. The molecule has 2 aromatic rings. The summed E-state index contributed by atoms with van der Waals surface area (Å²) in [6, 6.07) is 20.7. The van der Waals surface area contributed by atoms with E-state index in [0.717, 1.165) is 28.7 Å². The number of benzene rings is 2. The van der Waals surface area contributed by atoms with E-state index in [0.29, 0.717) is 12.8 Å². The van der Waals surface area contributed by atoms with Crippen molar-refractivity contribution in [1.82, 2.24) is 0 Å². The summed E-state index contributed by atoms with van der Waals surface area (Å²) >= 11 is 0. The van der Waals surface area contributed by atoms with Crippen molar-refractivity contribution < 1.29 is 19.1 Å². The maximum absolute atomic E-state index is 13.0. The number of ether oxygens (including phenoxy) is 2. The molecule has 4 heteroatoms. The van der Waals surface area contributed by atoms with E-state index in [-0.39, 0.29) is 11.8 Å². The Kier molecular flexibility index (Phi) is 5.09. The number of carbonyl (C=O) groups excluding carboxylic acids is 2. The van der Waals surface area contributed by atoms with Gasteiger partial charge in [0.05, 0.1) is 14.2 Å². The van der Waals surface area contributed by atoms with Gasteiger partial charge in [-0.05, 0) is 45.8 Å². The predicted octanol–water partition coefficient (Wildman–Crippen LogP) is 5.23. The van der Waals surface area contributed by atoms with Gasteiger partial charge < -0.3 is 9.47 Å². The lowest BCUT2D eigenvalue weighted by Crippen LogP contribution is -2.38. The van der Waals surface area contributed by atoms with Gasteiger partial charge in [0, 0.05) is 18.8 Å². The molecule has 0 aromatic heterocycles. The fourth-order valence-electron chi connectivity index (χ4n) is 5.82. The van der Waals surface area contributed by atoms with E-state index in [9.17, 15) is 9.59 Å². The SMILES string of the molecule is COC(=O)C1(C(=O)OC)CC2=C(c3ccccc3)C3C=CCC3C(c3ccccc3)=C2C1. The molecule has 1 saturated carbocycles. The Morgan fingerprint density at radius 1 is 0.781 bits per heavy atom. The first-order valence-corrected chi connectivity index (χ1v) is 11.0. The molecule has 0 aliphatic heterocycles. The van der Waals surface area contributed by atoms with E-state index in [1.807, 2.05) is 36.4 Å². The topological polar surface area (TPSA) is 52.6 Å². The van der Waals surface area contributed by atoms with Crippen LogP contribution in [0.3, 0.4) is 0 Å². The molecule has 3 aliphatic rings. The van der Waals surface area contributed by atoms with E-state index >= 15 is 0 Å². The minimum atomic E-state index is -1.35. The van der Waals surface area contributed by atoms with Crippen LogP contribution in [-0.4, -0.2) is 26.2 Å². The second-order valence-electron chi connectivity index (χ2n) is 8.73. The lowest BCUT2D eigenvalue weighted by molar-refractivity contribution is -0.168. The zero-order chi connectivity index (χ0) is 22.3. The average molecular weight is 427 g/mol. The molecule has 5 rings (SSSR count). The summed E-state index contributed by atoms with van der Waals surface area (Å²) in [5, 5.41) is 0. The van der Waals surface area contributed by atoms with Crippen LogP contribution in [0.5, 0.6) is 0 Å². The highest BCUT2D eigenvalue weighted by atomic mass is 16.5. The van der Waals surface area contributed by atoms with E-state index in [2.05, 4.69) is 36.4 Å². The summed E-state index contributed by atoms with van der Waals surface area (Å²) < 4.78 is 10.3. The minimum absolute atomic E-state index is 0.206. The first kappa shape index (κ1) is 20.5. The van der Waals surface area contributed by atoms with Crippen molar-refractivity contribution in [3.05, 3.63) is 95.1 Å². The number of rotatable bonds is 4. The van der Waals surface area contributed by atoms with E-state index in [1.165, 1.54) is 25.4 Å². The first-order chi connectivity index (χ1) is 15.6. The highest BCUT2D eigenvalue weighted by Crippen LogP contribution is 2.60. The molecule has 2 unspecified atom stereocenters. The summed E-state index contributed by atoms with van der Waals surface area (Å²) in [6.07, 6.45) is 6.07. The van der Waals surface area contributed by atoms with Gasteiger partial charge in [-0.1, -0.05) is 72.8 Å². The number of hydrogen-bond donors (Lipinski definition) is 0. The third-order valence-electron chi connectivity index (χ3n) is 7.16. The summed E-state index contributed by atoms with van der Waals surface area (Å²) in [4.78, 5) is 26.1. The quantitative estimate of drug-likeness (QED) is 0.382. The molecule has 0 heterocycles. The van der Waals surface area contributed by atoms with Crippen molar-refractivity contribution in [2.45, 2.75) is 19.3 Å². The van der Waals surface area contributed by atoms with Crippen molar-refractivity contribution in [2.24, 2.45) is 17.3 Å². The first-order valence-electron chi connectivity index (χ1n) is 11.0. The Labute approximate surface area is 188 Å². The van der Waals surface area contributed by atoms with Crippen molar-refractivity contribution in [3.63, 3.8) is 0 Å². The van der Waals surface area contributed by atoms with Crippen LogP contribution in [0.25, 0.3) is 11.1 Å². The zero-order valence-corrected chi connectivity index (χ0v) is 18.3. The van der Waals surface area contributed by atoms with Crippen LogP contribution in [0.4, 0.5) is 0 Å². The van der Waals surface area contributed by atoms with E-state index < -0.39 is 17.4 Å². The van der Waals surface area contributed by atoms with Gasteiger partial charge in [-0.15, -0.1) is 0 Å². The van der Waals surface area contributed by atoms with Crippen LogP contribution < -0.4 is 0 Å². The van der Waals surface area contributed by atoms with E-state index in [1.54, 1.807) is 0 Å². The zero-order valence-electron chi connectivity index (χ0n) is 18.3. The maximum atomic E-state index is 13.0. The molecule has 2 atom stereocenters. The molecule has 4 nitrogen and oxygen atoms in total. The molecular formula is C28H26O4. The fraction of sp³-hybridized carbons (Fsp3) is 0.286. The van der Waals surface area contributed by atoms with Gasteiger partial charge in [0.15, 0.2) is 5.41 Å². The fourth-order valence-corrected chi connectivity index (χ4v) is 5.82. The maximum Gasteiger partial charge on any atom is 0.323 e. The number of methoxy groups -OCH3 is 2. The Morgan fingerprint density at radius 2 is 1.28 bits per heavy atom. The van der Waals surface area contributed by atoms with Crippen LogP contribution >= 0.6 is 0 Å². The van der Waals surface area contributed by atoms with Crippen LogP contribution in [-0.2, 0) is 19.1 Å². The average Bonchev–Trinajstić information content (AvgIpc) is 3.48. The number of allylic oxidation sites excluding steroid dienone is 6. The van der Waals surface area contributed by atoms with Gasteiger partial charge in [-0.3, -0.25) is 9.59 Å². The number of hydrogen-bond acceptors (Lipinski definition) is 4. The van der Waals surface area contributed by atoms with Crippen molar-refractivity contribution in [2.75, 3.05) is 14.2 Å². The normalized spacial score (nSPS) is 23.1. The van der Waals surface area contributed by atoms with Gasteiger partial charge in [0.1, 0.15) is 0 Å². The summed E-state index contributed by atoms with van der Waals surface area (Å²) in [6.45, 7) is 0.